The minimum Gasteiger partial charge on any atom is -0.351 e. The van der Waals surface area contributed by atoms with Gasteiger partial charge in [0.2, 0.25) is 5.91 Å². The molecule has 1 fully saturated rings. The summed E-state index contributed by atoms with van der Waals surface area (Å²) in [7, 11) is -2.90. The van der Waals surface area contributed by atoms with Crippen LogP contribution in [0.15, 0.2) is 0 Å². The summed E-state index contributed by atoms with van der Waals surface area (Å²) >= 11 is 0. The third-order valence-corrected chi connectivity index (χ3v) is 4.08. The number of hydrogen-bond acceptors (Lipinski definition) is 4. The molecule has 0 spiro atoms. The van der Waals surface area contributed by atoms with E-state index in [1.54, 1.807) is 0 Å². The molecule has 88 valence electrons. The van der Waals surface area contributed by atoms with E-state index in [2.05, 4.69) is 10.6 Å². The number of amides is 1. The van der Waals surface area contributed by atoms with E-state index in [4.69, 9.17) is 0 Å². The van der Waals surface area contributed by atoms with Gasteiger partial charge in [-0.1, -0.05) is 6.92 Å². The van der Waals surface area contributed by atoms with Gasteiger partial charge in [0.1, 0.15) is 0 Å². The number of carbonyl (C=O) groups is 1. The van der Waals surface area contributed by atoms with Gasteiger partial charge in [0.15, 0.2) is 9.84 Å². The summed E-state index contributed by atoms with van der Waals surface area (Å²) in [5.41, 5.74) is 0. The molecule has 0 aromatic rings. The van der Waals surface area contributed by atoms with Crippen molar-refractivity contribution in [2.75, 3.05) is 24.6 Å². The van der Waals surface area contributed by atoms with E-state index in [-0.39, 0.29) is 30.0 Å². The van der Waals surface area contributed by atoms with Gasteiger partial charge in [-0.2, -0.15) is 0 Å². The van der Waals surface area contributed by atoms with Gasteiger partial charge >= 0.3 is 0 Å². The number of nitrogens with one attached hydrogen (secondary N) is 2. The van der Waals surface area contributed by atoms with Crippen molar-refractivity contribution in [2.45, 2.75) is 25.8 Å². The highest BCUT2D eigenvalue weighted by atomic mass is 32.2. The van der Waals surface area contributed by atoms with Crippen LogP contribution in [-0.4, -0.2) is 45.0 Å². The zero-order valence-corrected chi connectivity index (χ0v) is 9.77. The second-order valence-electron chi connectivity index (χ2n) is 3.84. The fraction of sp³-hybridized carbons (Fsp3) is 0.889. The molecule has 5 nitrogen and oxygen atoms in total. The minimum atomic E-state index is -2.90. The maximum absolute atomic E-state index is 11.3. The maximum Gasteiger partial charge on any atom is 0.234 e. The average Bonchev–Trinajstić information content (AvgIpc) is 2.46. The lowest BCUT2D eigenvalue weighted by molar-refractivity contribution is -0.120. The summed E-state index contributed by atoms with van der Waals surface area (Å²) in [4.78, 5) is 11.3. The molecule has 1 aliphatic heterocycles. The maximum atomic E-state index is 11.3. The summed E-state index contributed by atoms with van der Waals surface area (Å²) in [5, 5.41) is 5.68. The molecule has 0 saturated carbocycles. The zero-order chi connectivity index (χ0) is 11.3. The molecule has 15 heavy (non-hydrogen) atoms. The van der Waals surface area contributed by atoms with E-state index in [1.807, 2.05) is 6.92 Å². The smallest absolute Gasteiger partial charge is 0.234 e. The molecule has 0 bridgehead atoms. The van der Waals surface area contributed by atoms with Crippen molar-refractivity contribution >= 4 is 15.7 Å². The van der Waals surface area contributed by atoms with E-state index >= 15 is 0 Å². The Hall–Kier alpha value is -0.620. The Morgan fingerprint density at radius 2 is 2.20 bits per heavy atom. The number of hydrogen-bond donors (Lipinski definition) is 2. The SMILES string of the molecule is CCCNCC(=O)N[C@@H]1CCS(=O)(=O)C1. The first-order valence-corrected chi connectivity index (χ1v) is 7.06. The normalized spacial score (nSPS) is 23.9. The predicted molar refractivity (Wildman–Crippen MR) is 58.4 cm³/mol. The third kappa shape index (κ3) is 4.61. The van der Waals surface area contributed by atoms with Crippen LogP contribution in [0.2, 0.25) is 0 Å². The Kier molecular flexibility index (Phi) is 4.53. The second-order valence-corrected chi connectivity index (χ2v) is 6.07. The molecule has 0 radical (unpaired) electrons. The van der Waals surface area contributed by atoms with Crippen molar-refractivity contribution in [1.82, 2.24) is 10.6 Å². The number of carbonyl (C=O) groups excluding carboxylic acids is 1. The van der Waals surface area contributed by atoms with Crippen molar-refractivity contribution in [1.29, 1.82) is 0 Å². The largest absolute Gasteiger partial charge is 0.351 e. The van der Waals surface area contributed by atoms with Crippen molar-refractivity contribution in [3.8, 4) is 0 Å². The van der Waals surface area contributed by atoms with Crippen molar-refractivity contribution in [3.63, 3.8) is 0 Å². The topological polar surface area (TPSA) is 75.3 Å². The second kappa shape index (κ2) is 5.46. The standard InChI is InChI=1S/C9H18N2O3S/c1-2-4-10-6-9(12)11-8-3-5-15(13,14)7-8/h8,10H,2-7H2,1H3,(H,11,12)/t8-/m1/s1. The molecule has 2 N–H and O–H groups in total. The molecular formula is C9H18N2O3S. The molecular weight excluding hydrogens is 216 g/mol. The summed E-state index contributed by atoms with van der Waals surface area (Å²) in [6.07, 6.45) is 1.52. The first kappa shape index (κ1) is 12.4. The highest BCUT2D eigenvalue weighted by Gasteiger charge is 2.28. The van der Waals surface area contributed by atoms with E-state index in [9.17, 15) is 13.2 Å². The first-order valence-electron chi connectivity index (χ1n) is 5.24. The van der Waals surface area contributed by atoms with Gasteiger partial charge in [0.05, 0.1) is 18.1 Å². The molecule has 1 rings (SSSR count). The fourth-order valence-electron chi connectivity index (χ4n) is 1.57. The van der Waals surface area contributed by atoms with Gasteiger partial charge in [-0.3, -0.25) is 4.79 Å². The van der Waals surface area contributed by atoms with E-state index in [0.717, 1.165) is 13.0 Å². The quantitative estimate of drug-likeness (QED) is 0.616. The van der Waals surface area contributed by atoms with Crippen molar-refractivity contribution < 1.29 is 13.2 Å². The van der Waals surface area contributed by atoms with Gasteiger partial charge in [-0.15, -0.1) is 0 Å². The highest BCUT2D eigenvalue weighted by Crippen LogP contribution is 2.10. The van der Waals surface area contributed by atoms with Crippen molar-refractivity contribution in [2.24, 2.45) is 0 Å². The van der Waals surface area contributed by atoms with Crippen LogP contribution in [-0.2, 0) is 14.6 Å². The van der Waals surface area contributed by atoms with Crippen LogP contribution >= 0.6 is 0 Å². The highest BCUT2D eigenvalue weighted by molar-refractivity contribution is 7.91. The van der Waals surface area contributed by atoms with Gasteiger partial charge in [0.25, 0.3) is 0 Å². The molecule has 0 unspecified atom stereocenters. The molecule has 1 atom stereocenters. The average molecular weight is 234 g/mol. The predicted octanol–water partition coefficient (Wildman–Crippen LogP) is -0.711. The lowest BCUT2D eigenvalue weighted by atomic mass is 10.2. The molecule has 1 heterocycles. The van der Waals surface area contributed by atoms with Crippen molar-refractivity contribution in [3.05, 3.63) is 0 Å². The Bertz CT molecular complexity index is 313. The van der Waals surface area contributed by atoms with Gasteiger partial charge < -0.3 is 10.6 Å². The lowest BCUT2D eigenvalue weighted by Crippen LogP contribution is -2.41. The Morgan fingerprint density at radius 1 is 1.47 bits per heavy atom. The monoisotopic (exact) mass is 234 g/mol. The molecule has 0 aromatic heterocycles. The molecule has 1 amide bonds. The van der Waals surface area contributed by atoms with Crippen LogP contribution in [0.3, 0.4) is 0 Å². The summed E-state index contributed by atoms with van der Waals surface area (Å²) in [6, 6.07) is -0.189. The van der Waals surface area contributed by atoms with Crippen LogP contribution < -0.4 is 10.6 Å². The molecule has 6 heteroatoms. The molecule has 1 aliphatic rings. The Labute approximate surface area is 90.5 Å². The molecule has 0 aromatic carbocycles. The lowest BCUT2D eigenvalue weighted by Gasteiger charge is -2.10. The van der Waals surface area contributed by atoms with E-state index < -0.39 is 9.84 Å². The Balaban J connectivity index is 2.22. The Morgan fingerprint density at radius 3 is 2.73 bits per heavy atom. The van der Waals surface area contributed by atoms with Crippen LogP contribution in [0.5, 0.6) is 0 Å². The molecule has 1 saturated heterocycles. The molecule has 0 aliphatic carbocycles. The van der Waals surface area contributed by atoms with E-state index in [0.29, 0.717) is 6.42 Å². The fourth-order valence-corrected chi connectivity index (χ4v) is 3.24. The van der Waals surface area contributed by atoms with Gasteiger partial charge in [-0.05, 0) is 19.4 Å². The van der Waals surface area contributed by atoms with E-state index in [1.165, 1.54) is 0 Å². The summed E-state index contributed by atoms with van der Waals surface area (Å²) in [6.45, 7) is 3.09. The first-order chi connectivity index (χ1) is 7.03. The van der Waals surface area contributed by atoms with Gasteiger partial charge in [0, 0.05) is 6.04 Å². The number of sulfone groups is 1. The third-order valence-electron chi connectivity index (χ3n) is 2.31. The summed E-state index contributed by atoms with van der Waals surface area (Å²) in [5.74, 6) is 0.165. The van der Waals surface area contributed by atoms with Crippen LogP contribution in [0.25, 0.3) is 0 Å². The van der Waals surface area contributed by atoms with Crippen LogP contribution in [0, 0.1) is 0 Å². The van der Waals surface area contributed by atoms with Crippen LogP contribution in [0.1, 0.15) is 19.8 Å². The van der Waals surface area contributed by atoms with Gasteiger partial charge in [-0.25, -0.2) is 8.42 Å². The number of rotatable bonds is 5. The van der Waals surface area contributed by atoms with Crippen LogP contribution in [0.4, 0.5) is 0 Å². The minimum absolute atomic E-state index is 0.0898. The zero-order valence-electron chi connectivity index (χ0n) is 8.95. The summed E-state index contributed by atoms with van der Waals surface area (Å²) < 4.78 is 22.2.